The smallest absolute Gasteiger partial charge is 0.302 e. The summed E-state index contributed by atoms with van der Waals surface area (Å²) >= 11 is 0. The Morgan fingerprint density at radius 1 is 1.27 bits per heavy atom. The van der Waals surface area contributed by atoms with Crippen molar-refractivity contribution in [3.63, 3.8) is 0 Å². The topological polar surface area (TPSA) is 79.0 Å². The van der Waals surface area contributed by atoms with Gasteiger partial charge in [0.25, 0.3) is 5.56 Å². The van der Waals surface area contributed by atoms with Crippen LogP contribution in [0.3, 0.4) is 0 Å². The molecular weight excluding hydrogens is 284 g/mol. The highest BCUT2D eigenvalue weighted by Gasteiger charge is 2.11. The number of ether oxygens (including phenoxy) is 1. The van der Waals surface area contributed by atoms with Crippen LogP contribution in [-0.4, -0.2) is 31.9 Å². The summed E-state index contributed by atoms with van der Waals surface area (Å²) in [6.07, 6.45) is 5.02. The minimum atomic E-state index is -0.385. The lowest BCUT2D eigenvalue weighted by molar-refractivity contribution is -0.141. The number of esters is 1. The van der Waals surface area contributed by atoms with Crippen molar-refractivity contribution in [2.45, 2.75) is 13.5 Å². The van der Waals surface area contributed by atoms with Gasteiger partial charge < -0.3 is 4.74 Å². The normalized spacial score (nSPS) is 10.8. The fourth-order valence-electron chi connectivity index (χ4n) is 2.22. The molecule has 0 spiro atoms. The lowest BCUT2D eigenvalue weighted by Gasteiger charge is -2.11. The molecule has 0 fully saturated rings. The minimum absolute atomic E-state index is 0.101. The van der Waals surface area contributed by atoms with E-state index in [0.29, 0.717) is 11.2 Å². The van der Waals surface area contributed by atoms with E-state index in [0.717, 1.165) is 5.39 Å². The van der Waals surface area contributed by atoms with Gasteiger partial charge in [0.1, 0.15) is 12.9 Å². The maximum Gasteiger partial charge on any atom is 0.302 e. The van der Waals surface area contributed by atoms with Gasteiger partial charge in [-0.15, -0.1) is 0 Å². The molecule has 0 saturated heterocycles. The zero-order chi connectivity index (χ0) is 15.5. The van der Waals surface area contributed by atoms with Crippen LogP contribution >= 0.6 is 0 Å². The number of carbonyl (C=O) groups is 1. The van der Waals surface area contributed by atoms with Gasteiger partial charge in [-0.1, -0.05) is 18.2 Å². The summed E-state index contributed by atoms with van der Waals surface area (Å²) in [5.41, 5.74) is -0.216. The molecule has 0 N–H and O–H groups in total. The molecule has 1 aromatic carbocycles. The predicted octanol–water partition coefficient (Wildman–Crippen LogP) is 1.15. The van der Waals surface area contributed by atoms with Crippen molar-refractivity contribution in [3.8, 4) is 5.82 Å². The van der Waals surface area contributed by atoms with Gasteiger partial charge >= 0.3 is 5.97 Å². The van der Waals surface area contributed by atoms with Crippen molar-refractivity contribution < 1.29 is 9.53 Å². The molecule has 22 heavy (non-hydrogen) atoms. The summed E-state index contributed by atoms with van der Waals surface area (Å²) in [6, 6.07) is 7.25. The van der Waals surface area contributed by atoms with Crippen LogP contribution in [0.1, 0.15) is 6.92 Å². The molecular formula is C15H14N4O3. The molecule has 0 bridgehead atoms. The molecule has 0 aliphatic heterocycles. The molecule has 2 heterocycles. The van der Waals surface area contributed by atoms with Crippen LogP contribution in [0, 0.1) is 0 Å². The van der Waals surface area contributed by atoms with E-state index in [4.69, 9.17) is 4.74 Å². The quantitative estimate of drug-likeness (QED) is 0.675. The first-order valence-corrected chi connectivity index (χ1v) is 6.78. The van der Waals surface area contributed by atoms with Crippen LogP contribution in [0.2, 0.25) is 0 Å². The number of benzene rings is 1. The lowest BCUT2D eigenvalue weighted by Crippen LogP contribution is -2.27. The summed E-state index contributed by atoms with van der Waals surface area (Å²) in [5.74, 6) is 0.221. The number of imidazole rings is 1. The summed E-state index contributed by atoms with van der Waals surface area (Å²) in [7, 11) is 0. The van der Waals surface area contributed by atoms with Crippen LogP contribution < -0.4 is 5.56 Å². The maximum absolute atomic E-state index is 12.5. The second kappa shape index (κ2) is 5.80. The minimum Gasteiger partial charge on any atom is -0.464 e. The molecule has 112 valence electrons. The van der Waals surface area contributed by atoms with E-state index in [9.17, 15) is 9.59 Å². The van der Waals surface area contributed by atoms with Gasteiger partial charge in [-0.2, -0.15) is 5.10 Å². The molecule has 2 aromatic heterocycles. The average Bonchev–Trinajstić information content (AvgIpc) is 3.03. The first-order chi connectivity index (χ1) is 10.7. The van der Waals surface area contributed by atoms with E-state index in [1.165, 1.54) is 11.6 Å². The van der Waals surface area contributed by atoms with E-state index < -0.39 is 0 Å². The van der Waals surface area contributed by atoms with Gasteiger partial charge in [0.15, 0.2) is 5.82 Å². The Morgan fingerprint density at radius 3 is 2.73 bits per heavy atom. The lowest BCUT2D eigenvalue weighted by atomic mass is 10.2. The highest BCUT2D eigenvalue weighted by atomic mass is 16.5. The van der Waals surface area contributed by atoms with Gasteiger partial charge in [0, 0.05) is 24.7 Å². The van der Waals surface area contributed by atoms with E-state index in [-0.39, 0.29) is 24.7 Å². The fraction of sp³-hybridized carbons (Fsp3) is 0.200. The van der Waals surface area contributed by atoms with E-state index in [1.54, 1.807) is 35.4 Å². The highest BCUT2D eigenvalue weighted by molar-refractivity contribution is 5.87. The van der Waals surface area contributed by atoms with Crippen LogP contribution in [0.25, 0.3) is 16.6 Å². The molecule has 7 nitrogen and oxygen atoms in total. The fourth-order valence-corrected chi connectivity index (χ4v) is 2.22. The first kappa shape index (κ1) is 14.0. The molecule has 0 saturated carbocycles. The summed E-state index contributed by atoms with van der Waals surface area (Å²) < 4.78 is 7.93. The molecule has 0 atom stereocenters. The third-order valence-corrected chi connectivity index (χ3v) is 3.21. The zero-order valence-electron chi connectivity index (χ0n) is 12.0. The van der Waals surface area contributed by atoms with E-state index in [1.807, 2.05) is 12.1 Å². The monoisotopic (exact) mass is 298 g/mol. The SMILES string of the molecule is CC(=O)OCCn1nc(-n2ccnc2)c2ccccc2c1=O. The Balaban J connectivity index is 2.11. The number of carbonyl (C=O) groups excluding carboxylic acids is 1. The largest absolute Gasteiger partial charge is 0.464 e. The van der Waals surface area contributed by atoms with Gasteiger partial charge in [-0.05, 0) is 6.07 Å². The predicted molar refractivity (Wildman–Crippen MR) is 79.8 cm³/mol. The van der Waals surface area contributed by atoms with Gasteiger partial charge in [0.2, 0.25) is 0 Å². The number of nitrogens with zero attached hydrogens (tertiary/aromatic N) is 4. The maximum atomic E-state index is 12.5. The van der Waals surface area contributed by atoms with Gasteiger partial charge in [-0.25, -0.2) is 9.67 Å². The molecule has 0 amide bonds. The first-order valence-electron chi connectivity index (χ1n) is 6.78. The Kier molecular flexibility index (Phi) is 3.69. The van der Waals surface area contributed by atoms with Gasteiger partial charge in [0.05, 0.1) is 11.9 Å². The zero-order valence-corrected chi connectivity index (χ0v) is 12.0. The third-order valence-electron chi connectivity index (χ3n) is 3.21. The number of aromatic nitrogens is 4. The molecule has 7 heteroatoms. The Hall–Kier alpha value is -2.96. The second-order valence-electron chi connectivity index (χ2n) is 4.71. The number of fused-ring (bicyclic) bond motifs is 1. The third kappa shape index (κ3) is 2.60. The average molecular weight is 298 g/mol. The summed E-state index contributed by atoms with van der Waals surface area (Å²) in [6.45, 7) is 1.63. The molecule has 3 rings (SSSR count). The van der Waals surface area contributed by atoms with Crippen molar-refractivity contribution in [1.82, 2.24) is 19.3 Å². The molecule has 0 aliphatic carbocycles. The second-order valence-corrected chi connectivity index (χ2v) is 4.71. The van der Waals surface area contributed by atoms with Crippen LogP contribution in [0.4, 0.5) is 0 Å². The molecule has 0 radical (unpaired) electrons. The number of hydrogen-bond donors (Lipinski definition) is 0. The number of hydrogen-bond acceptors (Lipinski definition) is 5. The van der Waals surface area contributed by atoms with Crippen LogP contribution in [0.15, 0.2) is 47.8 Å². The molecule has 0 unspecified atom stereocenters. The Morgan fingerprint density at radius 2 is 2.05 bits per heavy atom. The Labute approximate surface area is 125 Å². The molecule has 0 aliphatic rings. The van der Waals surface area contributed by atoms with E-state index in [2.05, 4.69) is 10.1 Å². The van der Waals surface area contributed by atoms with Crippen LogP contribution in [-0.2, 0) is 16.1 Å². The van der Waals surface area contributed by atoms with Crippen molar-refractivity contribution in [2.24, 2.45) is 0 Å². The summed E-state index contributed by atoms with van der Waals surface area (Å²) in [4.78, 5) is 27.3. The van der Waals surface area contributed by atoms with Gasteiger partial charge in [-0.3, -0.25) is 14.2 Å². The van der Waals surface area contributed by atoms with Crippen LogP contribution in [0.5, 0.6) is 0 Å². The van der Waals surface area contributed by atoms with Crippen molar-refractivity contribution in [2.75, 3.05) is 6.61 Å². The highest BCUT2D eigenvalue weighted by Crippen LogP contribution is 2.16. The summed E-state index contributed by atoms with van der Waals surface area (Å²) in [5, 5.41) is 5.68. The molecule has 3 aromatic rings. The number of rotatable bonds is 4. The van der Waals surface area contributed by atoms with E-state index >= 15 is 0 Å². The standard InChI is InChI=1S/C15H14N4O3/c1-11(20)22-9-8-19-15(21)13-5-3-2-4-12(13)14(17-19)18-7-6-16-10-18/h2-7,10H,8-9H2,1H3. The Bertz CT molecular complexity index is 868. The van der Waals surface area contributed by atoms with Crippen molar-refractivity contribution in [1.29, 1.82) is 0 Å². The van der Waals surface area contributed by atoms with Crippen molar-refractivity contribution in [3.05, 3.63) is 53.3 Å². The van der Waals surface area contributed by atoms with Crippen molar-refractivity contribution >= 4 is 16.7 Å².